The molecule has 2 aliphatic rings. The zero-order valence-corrected chi connectivity index (χ0v) is 16.7. The van der Waals surface area contributed by atoms with Crippen LogP contribution in [0.5, 0.6) is 0 Å². The molecule has 1 aromatic carbocycles. The third-order valence-corrected chi connectivity index (χ3v) is 6.20. The first kappa shape index (κ1) is 19.2. The van der Waals surface area contributed by atoms with Gasteiger partial charge in [0.15, 0.2) is 0 Å². The van der Waals surface area contributed by atoms with E-state index in [9.17, 15) is 9.59 Å². The van der Waals surface area contributed by atoms with E-state index in [0.717, 1.165) is 47.5 Å². The van der Waals surface area contributed by atoms with E-state index in [1.807, 2.05) is 26.0 Å². The van der Waals surface area contributed by atoms with Gasteiger partial charge in [0.05, 0.1) is 0 Å². The number of carbonyl (C=O) groups excluding carboxylic acids is 1. The minimum Gasteiger partial charge on any atom is -0.423 e. The third-order valence-electron chi connectivity index (χ3n) is 6.20. The van der Waals surface area contributed by atoms with Gasteiger partial charge < -0.3 is 15.5 Å². The highest BCUT2D eigenvalue weighted by Gasteiger charge is 2.37. The Labute approximate surface area is 165 Å². The van der Waals surface area contributed by atoms with Crippen molar-refractivity contribution in [2.24, 2.45) is 11.7 Å². The molecule has 1 aromatic heterocycles. The second-order valence-electron chi connectivity index (χ2n) is 8.42. The fourth-order valence-electron chi connectivity index (χ4n) is 4.40. The zero-order chi connectivity index (χ0) is 19.8. The summed E-state index contributed by atoms with van der Waals surface area (Å²) in [5.41, 5.74) is 8.67. The van der Waals surface area contributed by atoms with Crippen LogP contribution in [-0.4, -0.2) is 36.0 Å². The van der Waals surface area contributed by atoms with E-state index < -0.39 is 0 Å². The lowest BCUT2D eigenvalue weighted by molar-refractivity contribution is -0.117. The van der Waals surface area contributed by atoms with Crippen LogP contribution < -0.4 is 16.7 Å². The van der Waals surface area contributed by atoms with Crippen LogP contribution in [0.25, 0.3) is 11.0 Å². The molecule has 1 aliphatic carbocycles. The van der Waals surface area contributed by atoms with E-state index in [2.05, 4.69) is 10.2 Å². The molecule has 1 amide bonds. The number of carbonyl (C=O) groups is 1. The lowest BCUT2D eigenvalue weighted by Gasteiger charge is -2.29. The number of rotatable bonds is 6. The molecule has 28 heavy (non-hydrogen) atoms. The highest BCUT2D eigenvalue weighted by molar-refractivity contribution is 5.95. The number of aryl methyl sites for hydroxylation is 2. The van der Waals surface area contributed by atoms with Gasteiger partial charge in [-0.1, -0.05) is 0 Å². The molecule has 0 bridgehead atoms. The Hall–Kier alpha value is -2.18. The SMILES string of the molecule is Cc1cc2oc(=O)cc(C)c2cc1NC(=O)C[C@@H]1CC[C@H](CN)N1CC1CC1. The summed E-state index contributed by atoms with van der Waals surface area (Å²) in [6.07, 6.45) is 5.21. The van der Waals surface area contributed by atoms with Gasteiger partial charge in [-0.25, -0.2) is 4.79 Å². The Morgan fingerprint density at radius 1 is 1.14 bits per heavy atom. The molecule has 1 saturated heterocycles. The lowest BCUT2D eigenvalue weighted by atomic mass is 10.1. The van der Waals surface area contributed by atoms with E-state index in [-0.39, 0.29) is 17.6 Å². The topological polar surface area (TPSA) is 88.6 Å². The molecule has 1 saturated carbocycles. The van der Waals surface area contributed by atoms with Crippen LogP contribution in [-0.2, 0) is 4.79 Å². The van der Waals surface area contributed by atoms with Crippen LogP contribution in [0.1, 0.15) is 43.2 Å². The number of hydrogen-bond acceptors (Lipinski definition) is 5. The highest BCUT2D eigenvalue weighted by Crippen LogP contribution is 2.35. The summed E-state index contributed by atoms with van der Waals surface area (Å²) in [6.45, 7) is 5.53. The molecule has 1 aliphatic heterocycles. The number of amides is 1. The molecule has 2 aromatic rings. The summed E-state index contributed by atoms with van der Waals surface area (Å²) in [4.78, 5) is 26.9. The summed E-state index contributed by atoms with van der Waals surface area (Å²) in [7, 11) is 0. The second-order valence-corrected chi connectivity index (χ2v) is 8.42. The Bertz CT molecular complexity index is 948. The van der Waals surface area contributed by atoms with Gasteiger partial charge >= 0.3 is 5.63 Å². The molecule has 2 fully saturated rings. The molecule has 4 rings (SSSR count). The molecule has 2 atom stereocenters. The largest absolute Gasteiger partial charge is 0.423 e. The summed E-state index contributed by atoms with van der Waals surface area (Å²) in [5, 5.41) is 3.92. The molecule has 6 nitrogen and oxygen atoms in total. The highest BCUT2D eigenvalue weighted by atomic mass is 16.4. The molecular formula is C22H29N3O3. The number of nitrogens with one attached hydrogen (secondary N) is 1. The van der Waals surface area contributed by atoms with Crippen molar-refractivity contribution in [3.05, 3.63) is 39.7 Å². The minimum atomic E-state index is -0.354. The van der Waals surface area contributed by atoms with Gasteiger partial charge in [-0.15, -0.1) is 0 Å². The zero-order valence-electron chi connectivity index (χ0n) is 16.7. The first-order valence-corrected chi connectivity index (χ1v) is 10.3. The van der Waals surface area contributed by atoms with Crippen LogP contribution in [0, 0.1) is 19.8 Å². The number of nitrogens with zero attached hydrogens (tertiary/aromatic N) is 1. The van der Waals surface area contributed by atoms with Crippen molar-refractivity contribution >= 4 is 22.6 Å². The van der Waals surface area contributed by atoms with E-state index >= 15 is 0 Å². The monoisotopic (exact) mass is 383 g/mol. The van der Waals surface area contributed by atoms with Crippen molar-refractivity contribution in [3.63, 3.8) is 0 Å². The van der Waals surface area contributed by atoms with Crippen molar-refractivity contribution in [2.45, 2.75) is 58.0 Å². The number of hydrogen-bond donors (Lipinski definition) is 2. The maximum atomic E-state index is 12.8. The van der Waals surface area contributed by atoms with Crippen LogP contribution in [0.4, 0.5) is 5.69 Å². The van der Waals surface area contributed by atoms with Gasteiger partial charge in [-0.3, -0.25) is 9.69 Å². The second kappa shape index (κ2) is 7.68. The average Bonchev–Trinajstić information content (AvgIpc) is 3.37. The maximum Gasteiger partial charge on any atom is 0.336 e. The quantitative estimate of drug-likeness (QED) is 0.749. The van der Waals surface area contributed by atoms with Crippen LogP contribution >= 0.6 is 0 Å². The van der Waals surface area contributed by atoms with Crippen LogP contribution in [0.15, 0.2) is 27.4 Å². The number of likely N-dealkylation sites (tertiary alicyclic amines) is 1. The number of fused-ring (bicyclic) bond motifs is 1. The van der Waals surface area contributed by atoms with Gasteiger partial charge in [-0.05, 0) is 68.7 Å². The smallest absolute Gasteiger partial charge is 0.336 e. The van der Waals surface area contributed by atoms with Gasteiger partial charge in [-0.2, -0.15) is 0 Å². The lowest BCUT2D eigenvalue weighted by Crippen LogP contribution is -2.42. The summed E-state index contributed by atoms with van der Waals surface area (Å²) in [6, 6.07) is 5.88. The summed E-state index contributed by atoms with van der Waals surface area (Å²) < 4.78 is 5.29. The van der Waals surface area contributed by atoms with E-state index in [1.54, 1.807) is 0 Å². The normalized spacial score (nSPS) is 22.7. The van der Waals surface area contributed by atoms with Crippen LogP contribution in [0.2, 0.25) is 0 Å². The Kier molecular flexibility index (Phi) is 5.25. The summed E-state index contributed by atoms with van der Waals surface area (Å²) >= 11 is 0. The molecule has 0 spiro atoms. The van der Waals surface area contributed by atoms with E-state index in [0.29, 0.717) is 24.6 Å². The first-order chi connectivity index (χ1) is 13.4. The molecule has 2 heterocycles. The molecule has 6 heteroatoms. The molecular weight excluding hydrogens is 354 g/mol. The number of nitrogens with two attached hydrogens (primary N) is 1. The maximum absolute atomic E-state index is 12.8. The van der Waals surface area contributed by atoms with Crippen molar-refractivity contribution in [1.29, 1.82) is 0 Å². The predicted octanol–water partition coefficient (Wildman–Crippen LogP) is 2.94. The molecule has 0 radical (unpaired) electrons. The fraction of sp³-hybridized carbons (Fsp3) is 0.545. The minimum absolute atomic E-state index is 0.0287. The first-order valence-electron chi connectivity index (χ1n) is 10.3. The van der Waals surface area contributed by atoms with Gasteiger partial charge in [0, 0.05) is 48.7 Å². The molecule has 0 unspecified atom stereocenters. The fourth-order valence-corrected chi connectivity index (χ4v) is 4.40. The van der Waals surface area contributed by atoms with Gasteiger partial charge in [0.2, 0.25) is 5.91 Å². The predicted molar refractivity (Wildman–Crippen MR) is 110 cm³/mol. The number of benzene rings is 1. The standard InChI is InChI=1S/C22H29N3O3/c1-13-8-22(27)28-20-7-14(2)19(10-18(13)20)24-21(26)9-16-5-6-17(11-23)25(16)12-15-3-4-15/h7-8,10,15-17H,3-6,9,11-12,23H2,1-2H3,(H,24,26)/t16-,17+/m0/s1. The average molecular weight is 383 g/mol. The van der Waals surface area contributed by atoms with E-state index in [1.165, 1.54) is 18.9 Å². The number of anilines is 1. The van der Waals surface area contributed by atoms with Crippen molar-refractivity contribution in [2.75, 3.05) is 18.4 Å². The Morgan fingerprint density at radius 2 is 1.89 bits per heavy atom. The van der Waals surface area contributed by atoms with Crippen LogP contribution in [0.3, 0.4) is 0 Å². The third kappa shape index (κ3) is 3.98. The van der Waals surface area contributed by atoms with Gasteiger partial charge in [0.25, 0.3) is 0 Å². The van der Waals surface area contributed by atoms with Crippen molar-refractivity contribution in [1.82, 2.24) is 4.90 Å². The molecule has 3 N–H and O–H groups in total. The van der Waals surface area contributed by atoms with Gasteiger partial charge in [0.1, 0.15) is 5.58 Å². The molecule has 150 valence electrons. The Morgan fingerprint density at radius 3 is 2.61 bits per heavy atom. The van der Waals surface area contributed by atoms with Crippen molar-refractivity contribution < 1.29 is 9.21 Å². The van der Waals surface area contributed by atoms with E-state index in [4.69, 9.17) is 10.2 Å². The van der Waals surface area contributed by atoms with Crippen molar-refractivity contribution in [3.8, 4) is 0 Å². The Balaban J connectivity index is 1.48. The summed E-state index contributed by atoms with van der Waals surface area (Å²) in [5.74, 6) is 0.819.